The molecule has 1 unspecified atom stereocenters. The molecule has 1 heterocycles. The van der Waals surface area contributed by atoms with Crippen molar-refractivity contribution in [2.75, 3.05) is 0 Å². The Labute approximate surface area is 106 Å². The van der Waals surface area contributed by atoms with Crippen LogP contribution in [0.3, 0.4) is 0 Å². The van der Waals surface area contributed by atoms with Crippen molar-refractivity contribution in [3.05, 3.63) is 15.9 Å². The Hall–Kier alpha value is -0.0600. The van der Waals surface area contributed by atoms with Crippen LogP contribution in [0, 0.1) is 3.90 Å². The molecule has 0 saturated carbocycles. The minimum Gasteiger partial charge on any atom is -0.440 e. The van der Waals surface area contributed by atoms with Gasteiger partial charge in [-0.1, -0.05) is 40.0 Å². The molecule has 3 heteroatoms. The number of rotatable bonds is 6. The summed E-state index contributed by atoms with van der Waals surface area (Å²) in [5, 5.41) is 0. The van der Waals surface area contributed by atoms with E-state index in [1.54, 1.807) is 0 Å². The van der Waals surface area contributed by atoms with Gasteiger partial charge in [0.05, 0.1) is 5.69 Å². The van der Waals surface area contributed by atoms with Crippen molar-refractivity contribution < 1.29 is 4.42 Å². The second-order valence-electron chi connectivity index (χ2n) is 4.40. The molecule has 2 nitrogen and oxygen atoms in total. The van der Waals surface area contributed by atoms with E-state index < -0.39 is 0 Å². The Morgan fingerprint density at radius 2 is 2.07 bits per heavy atom. The van der Waals surface area contributed by atoms with E-state index >= 15 is 0 Å². The zero-order valence-electron chi connectivity index (χ0n) is 9.85. The lowest BCUT2D eigenvalue weighted by atomic mass is 9.78. The van der Waals surface area contributed by atoms with Gasteiger partial charge < -0.3 is 4.42 Å². The van der Waals surface area contributed by atoms with Crippen LogP contribution in [0.4, 0.5) is 0 Å². The lowest BCUT2D eigenvalue weighted by Gasteiger charge is -2.26. The molecule has 1 aromatic heterocycles. The first-order chi connectivity index (χ1) is 7.12. The highest BCUT2D eigenvalue weighted by atomic mass is 127. The van der Waals surface area contributed by atoms with Crippen LogP contribution >= 0.6 is 22.6 Å². The average molecular weight is 321 g/mol. The number of aromatic nitrogens is 1. The zero-order valence-corrected chi connectivity index (χ0v) is 12.0. The highest BCUT2D eigenvalue weighted by Crippen LogP contribution is 2.33. The summed E-state index contributed by atoms with van der Waals surface area (Å²) >= 11 is 2.13. The van der Waals surface area contributed by atoms with Gasteiger partial charge in [-0.3, -0.25) is 0 Å². The van der Waals surface area contributed by atoms with E-state index in [2.05, 4.69) is 48.3 Å². The molecule has 0 fully saturated rings. The van der Waals surface area contributed by atoms with Crippen molar-refractivity contribution in [3.8, 4) is 0 Å². The topological polar surface area (TPSA) is 26.0 Å². The van der Waals surface area contributed by atoms with E-state index in [1.807, 2.05) is 6.26 Å². The van der Waals surface area contributed by atoms with Crippen LogP contribution < -0.4 is 0 Å². The molecule has 0 aromatic carbocycles. The fourth-order valence-corrected chi connectivity index (χ4v) is 2.42. The van der Waals surface area contributed by atoms with Crippen molar-refractivity contribution in [2.45, 2.75) is 58.3 Å². The Bertz CT molecular complexity index is 298. The maximum atomic E-state index is 5.31. The molecule has 0 N–H and O–H groups in total. The Kier molecular flexibility index (Phi) is 5.09. The highest BCUT2D eigenvalue weighted by Gasteiger charge is 2.28. The number of halogens is 1. The van der Waals surface area contributed by atoms with Gasteiger partial charge in [0, 0.05) is 28.0 Å². The van der Waals surface area contributed by atoms with Gasteiger partial charge >= 0.3 is 0 Å². The van der Waals surface area contributed by atoms with E-state index in [0.29, 0.717) is 0 Å². The van der Waals surface area contributed by atoms with Crippen LogP contribution in [0.15, 0.2) is 10.7 Å². The summed E-state index contributed by atoms with van der Waals surface area (Å²) < 4.78 is 6.06. The molecule has 0 aliphatic carbocycles. The summed E-state index contributed by atoms with van der Waals surface area (Å²) in [4.78, 5) is 4.47. The third-order valence-electron chi connectivity index (χ3n) is 2.98. The van der Waals surface area contributed by atoms with Gasteiger partial charge in [0.2, 0.25) is 0 Å². The molecule has 0 aliphatic heterocycles. The lowest BCUT2D eigenvalue weighted by Crippen LogP contribution is -2.22. The second kappa shape index (κ2) is 5.87. The zero-order chi connectivity index (χ0) is 11.3. The van der Waals surface area contributed by atoms with Crippen LogP contribution in [-0.2, 0) is 5.41 Å². The van der Waals surface area contributed by atoms with Crippen molar-refractivity contribution in [3.63, 3.8) is 0 Å². The van der Waals surface area contributed by atoms with Gasteiger partial charge in [-0.05, 0) is 12.8 Å². The predicted molar refractivity (Wildman–Crippen MR) is 71.0 cm³/mol. The van der Waals surface area contributed by atoms with E-state index in [9.17, 15) is 0 Å². The van der Waals surface area contributed by atoms with Crippen molar-refractivity contribution >= 4 is 22.6 Å². The normalized spacial score (nSPS) is 15.2. The third kappa shape index (κ3) is 3.47. The first kappa shape index (κ1) is 13.0. The fourth-order valence-electron chi connectivity index (χ4n) is 2.03. The molecular weight excluding hydrogens is 301 g/mol. The lowest BCUT2D eigenvalue weighted by molar-refractivity contribution is 0.372. The number of hydrogen-bond acceptors (Lipinski definition) is 2. The molecule has 0 bridgehead atoms. The maximum absolute atomic E-state index is 5.31. The van der Waals surface area contributed by atoms with E-state index in [1.165, 1.54) is 32.1 Å². The molecule has 0 radical (unpaired) electrons. The molecule has 0 saturated heterocycles. The summed E-state index contributed by atoms with van der Waals surface area (Å²) in [5.41, 5.74) is 1.33. The molecule has 0 aliphatic rings. The Morgan fingerprint density at radius 3 is 2.53 bits per heavy atom. The summed E-state index contributed by atoms with van der Waals surface area (Å²) in [5.74, 6) is 0. The number of unbranched alkanes of at least 4 members (excludes halogenated alkanes) is 1. The number of oxazole rings is 1. The van der Waals surface area contributed by atoms with E-state index in [0.717, 1.165) is 9.59 Å². The van der Waals surface area contributed by atoms with Gasteiger partial charge in [-0.2, -0.15) is 0 Å². The van der Waals surface area contributed by atoms with Crippen LogP contribution in [0.5, 0.6) is 0 Å². The van der Waals surface area contributed by atoms with Crippen LogP contribution in [0.25, 0.3) is 0 Å². The second-order valence-corrected chi connectivity index (χ2v) is 5.32. The largest absolute Gasteiger partial charge is 0.440 e. The minimum absolute atomic E-state index is 0.206. The molecule has 86 valence electrons. The first-order valence-corrected chi connectivity index (χ1v) is 6.81. The SMILES string of the molecule is CCCCC(C)(CCC)c1coc(I)n1. The van der Waals surface area contributed by atoms with Crippen molar-refractivity contribution in [2.24, 2.45) is 0 Å². The Morgan fingerprint density at radius 1 is 1.33 bits per heavy atom. The van der Waals surface area contributed by atoms with Gasteiger partial charge in [-0.25, -0.2) is 4.98 Å². The van der Waals surface area contributed by atoms with Gasteiger partial charge in [0.1, 0.15) is 6.26 Å². The summed E-state index contributed by atoms with van der Waals surface area (Å²) in [6.45, 7) is 6.77. The predicted octanol–water partition coefficient (Wildman–Crippen LogP) is 4.53. The van der Waals surface area contributed by atoms with E-state index in [-0.39, 0.29) is 5.41 Å². The van der Waals surface area contributed by atoms with Gasteiger partial charge in [0.25, 0.3) is 3.90 Å². The number of nitrogens with zero attached hydrogens (tertiary/aromatic N) is 1. The van der Waals surface area contributed by atoms with E-state index in [4.69, 9.17) is 4.42 Å². The molecule has 1 rings (SSSR count). The molecule has 0 spiro atoms. The monoisotopic (exact) mass is 321 g/mol. The van der Waals surface area contributed by atoms with Gasteiger partial charge in [-0.15, -0.1) is 0 Å². The molecule has 15 heavy (non-hydrogen) atoms. The quantitative estimate of drug-likeness (QED) is 0.720. The molecule has 1 aromatic rings. The fraction of sp³-hybridized carbons (Fsp3) is 0.750. The first-order valence-electron chi connectivity index (χ1n) is 5.74. The van der Waals surface area contributed by atoms with Crippen LogP contribution in [0.1, 0.15) is 58.6 Å². The minimum atomic E-state index is 0.206. The Balaban J connectivity index is 2.79. The van der Waals surface area contributed by atoms with Crippen LogP contribution in [-0.4, -0.2) is 4.98 Å². The average Bonchev–Trinajstić information content (AvgIpc) is 2.63. The maximum Gasteiger partial charge on any atom is 0.257 e. The standard InChI is InChI=1S/C12H20INO/c1-4-6-8-12(3,7-5-2)10-9-15-11(13)14-10/h9H,4-8H2,1-3H3. The summed E-state index contributed by atoms with van der Waals surface area (Å²) in [6.07, 6.45) is 7.93. The third-order valence-corrected chi connectivity index (χ3v) is 3.47. The van der Waals surface area contributed by atoms with Crippen molar-refractivity contribution in [1.82, 2.24) is 4.98 Å². The smallest absolute Gasteiger partial charge is 0.257 e. The molecule has 1 atom stereocenters. The summed E-state index contributed by atoms with van der Waals surface area (Å²) in [7, 11) is 0. The summed E-state index contributed by atoms with van der Waals surface area (Å²) in [6, 6.07) is 0. The van der Waals surface area contributed by atoms with Crippen LogP contribution in [0.2, 0.25) is 0 Å². The van der Waals surface area contributed by atoms with Crippen molar-refractivity contribution in [1.29, 1.82) is 0 Å². The molecular formula is C12H20INO. The van der Waals surface area contributed by atoms with Gasteiger partial charge in [0.15, 0.2) is 0 Å². The number of hydrogen-bond donors (Lipinski definition) is 0. The molecule has 0 amide bonds. The highest BCUT2D eigenvalue weighted by molar-refractivity contribution is 14.1.